The molecule has 4 rings (SSSR count). The molecule has 0 aliphatic heterocycles. The van der Waals surface area contributed by atoms with Gasteiger partial charge < -0.3 is 15.0 Å². The molecule has 0 saturated carbocycles. The lowest BCUT2D eigenvalue weighted by Crippen LogP contribution is -2.21. The van der Waals surface area contributed by atoms with Crippen LogP contribution in [0.5, 0.6) is 0 Å². The van der Waals surface area contributed by atoms with Crippen molar-refractivity contribution in [3.05, 3.63) is 78.1 Å². The molecule has 9 nitrogen and oxygen atoms in total. The highest BCUT2D eigenvalue weighted by atomic mass is 16.5. The number of Topliss-reactive ketones (excluding diaryl/α,β-unsaturated/α-hetero) is 1. The number of aromatic nitrogens is 2. The molecule has 0 bridgehead atoms. The van der Waals surface area contributed by atoms with Crippen molar-refractivity contribution in [1.82, 2.24) is 9.97 Å². The monoisotopic (exact) mass is 467 g/mol. The normalized spacial score (nSPS) is 10.4. The van der Waals surface area contributed by atoms with Gasteiger partial charge in [0.2, 0.25) is 5.78 Å². The summed E-state index contributed by atoms with van der Waals surface area (Å²) < 4.78 is 5.26. The number of hydrogen-bond acceptors (Lipinski definition) is 6. The quantitative estimate of drug-likeness (QED) is 0.335. The Morgan fingerprint density at radius 1 is 1.06 bits per heavy atom. The molecule has 0 aliphatic rings. The van der Waals surface area contributed by atoms with E-state index in [1.54, 1.807) is 61.7 Å². The second kappa shape index (κ2) is 10.3. The molecule has 174 valence electrons. The minimum absolute atomic E-state index is 0.0193. The molecule has 2 heterocycles. The molecular weight excluding hydrogens is 446 g/mol. The number of amides is 2. The number of ketones is 1. The molecule has 0 spiro atoms. The summed E-state index contributed by atoms with van der Waals surface area (Å²) in [6.45, 7) is 1.65. The summed E-state index contributed by atoms with van der Waals surface area (Å²) in [6, 6.07) is 17.7. The van der Waals surface area contributed by atoms with Gasteiger partial charge in [-0.1, -0.05) is 31.2 Å². The Bertz CT molecular complexity index is 1470. The van der Waals surface area contributed by atoms with Crippen molar-refractivity contribution in [1.29, 1.82) is 5.26 Å². The zero-order valence-electron chi connectivity index (χ0n) is 18.8. The van der Waals surface area contributed by atoms with E-state index in [4.69, 9.17) is 10.00 Å². The number of rotatable bonds is 7. The maximum absolute atomic E-state index is 12.3. The summed E-state index contributed by atoms with van der Waals surface area (Å²) in [4.78, 5) is 43.3. The van der Waals surface area contributed by atoms with Crippen LogP contribution in [0.2, 0.25) is 0 Å². The van der Waals surface area contributed by atoms with Crippen molar-refractivity contribution >= 4 is 40.2 Å². The number of carbonyl (C=O) groups is 3. The van der Waals surface area contributed by atoms with Gasteiger partial charge in [-0.05, 0) is 41.5 Å². The van der Waals surface area contributed by atoms with Gasteiger partial charge in [-0.2, -0.15) is 5.26 Å². The second-order valence-corrected chi connectivity index (χ2v) is 7.65. The van der Waals surface area contributed by atoms with Crippen molar-refractivity contribution in [2.24, 2.45) is 0 Å². The highest BCUT2D eigenvalue weighted by molar-refractivity contribution is 6.40. The maximum Gasteiger partial charge on any atom is 0.412 e. The smallest absolute Gasteiger partial charge is 0.412 e. The Balaban J connectivity index is 1.49. The summed E-state index contributed by atoms with van der Waals surface area (Å²) in [6.07, 6.45) is 2.76. The van der Waals surface area contributed by atoms with Crippen LogP contribution in [-0.2, 0) is 20.9 Å². The molecule has 35 heavy (non-hydrogen) atoms. The first kappa shape index (κ1) is 23.2. The number of ether oxygens (including phenoxy) is 1. The fourth-order valence-corrected chi connectivity index (χ4v) is 3.47. The first-order chi connectivity index (χ1) is 17.0. The second-order valence-electron chi connectivity index (χ2n) is 7.65. The first-order valence-electron chi connectivity index (χ1n) is 10.8. The Morgan fingerprint density at radius 2 is 1.89 bits per heavy atom. The van der Waals surface area contributed by atoms with Gasteiger partial charge in [0.05, 0.1) is 23.5 Å². The van der Waals surface area contributed by atoms with Crippen LogP contribution in [0.3, 0.4) is 0 Å². The highest BCUT2D eigenvalue weighted by Crippen LogP contribution is 2.31. The molecule has 2 aromatic heterocycles. The summed E-state index contributed by atoms with van der Waals surface area (Å²) in [5.74, 6) is -1.15. The third kappa shape index (κ3) is 5.51. The molecule has 4 aromatic rings. The van der Waals surface area contributed by atoms with E-state index in [1.165, 1.54) is 6.20 Å². The third-order valence-corrected chi connectivity index (χ3v) is 5.21. The number of nitrogens with zero attached hydrogens (tertiary/aromatic N) is 2. The molecule has 3 N–H and O–H groups in total. The lowest BCUT2D eigenvalue weighted by atomic mass is 10.0. The molecule has 0 unspecified atom stereocenters. The Morgan fingerprint density at radius 3 is 2.69 bits per heavy atom. The van der Waals surface area contributed by atoms with E-state index in [2.05, 4.69) is 20.6 Å². The van der Waals surface area contributed by atoms with Gasteiger partial charge in [0.15, 0.2) is 0 Å². The van der Waals surface area contributed by atoms with Crippen LogP contribution in [-0.4, -0.2) is 27.8 Å². The number of hydrogen-bond donors (Lipinski definition) is 3. The van der Waals surface area contributed by atoms with Gasteiger partial charge in [-0.3, -0.25) is 14.9 Å². The van der Waals surface area contributed by atoms with Crippen molar-refractivity contribution in [3.8, 4) is 17.2 Å². The number of nitrogens with one attached hydrogen (secondary N) is 3. The van der Waals surface area contributed by atoms with E-state index in [0.29, 0.717) is 28.1 Å². The van der Waals surface area contributed by atoms with Gasteiger partial charge in [-0.15, -0.1) is 0 Å². The average molecular weight is 467 g/mol. The highest BCUT2D eigenvalue weighted by Gasteiger charge is 2.14. The van der Waals surface area contributed by atoms with Gasteiger partial charge in [-0.25, -0.2) is 9.78 Å². The topological polar surface area (TPSA) is 137 Å². The van der Waals surface area contributed by atoms with Crippen LogP contribution in [0.4, 0.5) is 16.2 Å². The zero-order valence-corrected chi connectivity index (χ0v) is 18.8. The third-order valence-electron chi connectivity index (χ3n) is 5.21. The number of anilines is 2. The largest absolute Gasteiger partial charge is 0.444 e. The lowest BCUT2D eigenvalue weighted by molar-refractivity contribution is -0.134. The molecule has 2 amide bonds. The molecule has 0 atom stereocenters. The van der Waals surface area contributed by atoms with Gasteiger partial charge in [0.25, 0.3) is 5.91 Å². The maximum atomic E-state index is 12.3. The van der Waals surface area contributed by atoms with Crippen LogP contribution < -0.4 is 10.6 Å². The standard InChI is InChI=1S/C26H21N5O4/c1-2-23(32)25(33)30-19-8-4-7-18(10-19)22-14-29-24-21(22)11-20(13-28-24)31-26(34)35-15-17-6-3-5-16(9-17)12-27/h3-11,13-14H,2,15H2,1H3,(H,28,29)(H,30,33)(H,31,34). The summed E-state index contributed by atoms with van der Waals surface area (Å²) in [5, 5.41) is 15.0. The van der Waals surface area contributed by atoms with Gasteiger partial charge in [0, 0.05) is 29.3 Å². The Kier molecular flexibility index (Phi) is 6.83. The fourth-order valence-electron chi connectivity index (χ4n) is 3.47. The summed E-state index contributed by atoms with van der Waals surface area (Å²) in [5.41, 5.74) is 4.33. The van der Waals surface area contributed by atoms with Crippen LogP contribution in [0.15, 0.2) is 67.0 Å². The van der Waals surface area contributed by atoms with Crippen LogP contribution in [0.1, 0.15) is 24.5 Å². The predicted octanol–water partition coefficient (Wildman–Crippen LogP) is 4.77. The van der Waals surface area contributed by atoms with E-state index in [9.17, 15) is 14.4 Å². The van der Waals surface area contributed by atoms with E-state index < -0.39 is 17.8 Å². The molecule has 0 radical (unpaired) electrons. The van der Waals surface area contributed by atoms with E-state index in [0.717, 1.165) is 16.5 Å². The Labute approximate surface area is 200 Å². The molecule has 0 aliphatic carbocycles. The molecule has 0 fully saturated rings. The van der Waals surface area contributed by atoms with Crippen molar-refractivity contribution in [3.63, 3.8) is 0 Å². The van der Waals surface area contributed by atoms with Crippen LogP contribution >= 0.6 is 0 Å². The number of H-pyrrole nitrogens is 1. The average Bonchev–Trinajstić information content (AvgIpc) is 3.30. The molecular formula is C26H21N5O4. The number of aromatic amines is 1. The molecule has 0 saturated heterocycles. The fraction of sp³-hybridized carbons (Fsp3) is 0.115. The lowest BCUT2D eigenvalue weighted by Gasteiger charge is -2.08. The number of pyridine rings is 1. The SMILES string of the molecule is CCC(=O)C(=O)Nc1cccc(-c2c[nH]c3ncc(NC(=O)OCc4cccc(C#N)c4)cc23)c1. The summed E-state index contributed by atoms with van der Waals surface area (Å²) in [7, 11) is 0. The van der Waals surface area contributed by atoms with E-state index >= 15 is 0 Å². The number of benzene rings is 2. The van der Waals surface area contributed by atoms with Crippen LogP contribution in [0, 0.1) is 11.3 Å². The minimum Gasteiger partial charge on any atom is -0.444 e. The zero-order chi connectivity index (χ0) is 24.8. The van der Waals surface area contributed by atoms with Gasteiger partial charge in [0.1, 0.15) is 12.3 Å². The van der Waals surface area contributed by atoms with Crippen molar-refractivity contribution in [2.75, 3.05) is 10.6 Å². The molecule has 9 heteroatoms. The number of fused-ring (bicyclic) bond motifs is 1. The Hall–Kier alpha value is -4.97. The van der Waals surface area contributed by atoms with Gasteiger partial charge >= 0.3 is 6.09 Å². The minimum atomic E-state index is -0.658. The first-order valence-corrected chi connectivity index (χ1v) is 10.8. The van der Waals surface area contributed by atoms with Crippen molar-refractivity contribution in [2.45, 2.75) is 20.0 Å². The van der Waals surface area contributed by atoms with E-state index in [-0.39, 0.29) is 13.0 Å². The predicted molar refractivity (Wildman–Crippen MR) is 130 cm³/mol. The number of nitriles is 1. The molecule has 2 aromatic carbocycles. The van der Waals surface area contributed by atoms with Crippen molar-refractivity contribution < 1.29 is 19.1 Å². The van der Waals surface area contributed by atoms with E-state index in [1.807, 2.05) is 12.1 Å². The number of carbonyl (C=O) groups excluding carboxylic acids is 3. The van der Waals surface area contributed by atoms with Crippen LogP contribution in [0.25, 0.3) is 22.2 Å². The summed E-state index contributed by atoms with van der Waals surface area (Å²) >= 11 is 0.